The van der Waals surface area contributed by atoms with Gasteiger partial charge in [0.1, 0.15) is 12.2 Å². The van der Waals surface area contributed by atoms with E-state index in [0.29, 0.717) is 24.2 Å². The minimum atomic E-state index is -5.57. The van der Waals surface area contributed by atoms with Crippen molar-refractivity contribution in [2.24, 2.45) is 51.2 Å². The van der Waals surface area contributed by atoms with E-state index in [1.165, 1.54) is 0 Å². The molecule has 4 aliphatic rings. The molecule has 3 saturated carbocycles. The summed E-state index contributed by atoms with van der Waals surface area (Å²) in [6.07, 6.45) is -1.82. The Morgan fingerprint density at radius 3 is 1.92 bits per heavy atom. The molecule has 1 unspecified atom stereocenters. The van der Waals surface area contributed by atoms with Gasteiger partial charge in [0.25, 0.3) is 0 Å². The second-order valence-electron chi connectivity index (χ2n) is 16.3. The zero-order chi connectivity index (χ0) is 36.6. The largest absolute Gasteiger partial charge is 1.00 e. The standard InChI is InChI=1S/C32H54O13S3.3Na/c1-18(2)29(5,6)20(4)11-10-19(3)21-12-14-32(9)23-16-24(43-46(34,35)36)26-27(33)28(45-48(40,41)42)25(44-47(37,38)39)17-30(26,7)22(23)13-15-31(21,32)8;;;/h13,19-21,23-28,33H,1,10-12,14-17H2,2-9H3,(H,34,35,36)(H,37,38,39)(H,40,41,42);;;/q;3*+1/p-3/t19-,20?,21-,23-,24+,25+,26+,27-,28-,30-,31-,32+;;;/m1.../s1. The predicted molar refractivity (Wildman–Crippen MR) is 172 cm³/mol. The van der Waals surface area contributed by atoms with E-state index >= 15 is 0 Å². The van der Waals surface area contributed by atoms with Crippen LogP contribution in [0.2, 0.25) is 0 Å². The van der Waals surface area contributed by atoms with Crippen molar-refractivity contribution >= 4 is 31.2 Å². The predicted octanol–water partition coefficient (Wildman–Crippen LogP) is -4.65. The van der Waals surface area contributed by atoms with Crippen molar-refractivity contribution in [2.45, 2.75) is 125 Å². The molecule has 0 heterocycles. The zero-order valence-electron chi connectivity index (χ0n) is 32.0. The molecule has 0 saturated heterocycles. The summed E-state index contributed by atoms with van der Waals surface area (Å²) < 4.78 is 121. The van der Waals surface area contributed by atoms with E-state index in [-0.39, 0.29) is 112 Å². The molecule has 0 aromatic rings. The van der Waals surface area contributed by atoms with Gasteiger partial charge in [0.2, 0.25) is 31.2 Å². The van der Waals surface area contributed by atoms with Crippen LogP contribution in [0.3, 0.4) is 0 Å². The Bertz CT molecular complexity index is 1640. The van der Waals surface area contributed by atoms with Crippen LogP contribution in [-0.4, -0.2) is 68.4 Å². The van der Waals surface area contributed by atoms with Crippen LogP contribution in [0, 0.1) is 51.2 Å². The molecule has 4 aliphatic carbocycles. The molecule has 4 rings (SSSR count). The summed E-state index contributed by atoms with van der Waals surface area (Å²) in [7, 11) is -16.4. The number of aliphatic hydroxyl groups excluding tert-OH is 1. The molecule has 0 spiro atoms. The van der Waals surface area contributed by atoms with Crippen molar-refractivity contribution in [2.75, 3.05) is 0 Å². The second-order valence-corrected chi connectivity index (χ2v) is 19.3. The maximum absolute atomic E-state index is 12.1. The van der Waals surface area contributed by atoms with Gasteiger partial charge in [0, 0.05) is 5.92 Å². The summed E-state index contributed by atoms with van der Waals surface area (Å²) in [4.78, 5) is 0. The Morgan fingerprint density at radius 2 is 1.43 bits per heavy atom. The van der Waals surface area contributed by atoms with Crippen molar-refractivity contribution in [1.82, 2.24) is 0 Å². The summed E-state index contributed by atoms with van der Waals surface area (Å²) >= 11 is 0. The fourth-order valence-corrected chi connectivity index (χ4v) is 11.7. The van der Waals surface area contributed by atoms with Gasteiger partial charge < -0.3 is 18.8 Å². The van der Waals surface area contributed by atoms with E-state index in [1.807, 2.05) is 6.08 Å². The minimum Gasteiger partial charge on any atom is -0.726 e. The molecule has 12 atom stereocenters. The summed E-state index contributed by atoms with van der Waals surface area (Å²) in [5.41, 5.74) is -0.187. The van der Waals surface area contributed by atoms with Gasteiger partial charge in [-0.3, -0.25) is 12.5 Å². The minimum absolute atomic E-state index is 0. The van der Waals surface area contributed by atoms with E-state index in [1.54, 1.807) is 6.92 Å². The maximum Gasteiger partial charge on any atom is 1.00 e. The first kappa shape index (κ1) is 51.1. The third-order valence-electron chi connectivity index (χ3n) is 13.7. The van der Waals surface area contributed by atoms with Crippen LogP contribution < -0.4 is 88.7 Å². The summed E-state index contributed by atoms with van der Waals surface area (Å²) in [6.45, 7) is 21.2. The Hall–Kier alpha value is 2.05. The van der Waals surface area contributed by atoms with Crippen LogP contribution in [0.1, 0.15) is 100 Å². The van der Waals surface area contributed by atoms with Gasteiger partial charge in [0.05, 0.1) is 12.2 Å². The average molecular weight is 809 g/mol. The second kappa shape index (κ2) is 17.5. The molecule has 0 aliphatic heterocycles. The van der Waals surface area contributed by atoms with Gasteiger partial charge in [0.15, 0.2) is 0 Å². The third-order valence-corrected chi connectivity index (χ3v) is 15.2. The summed E-state index contributed by atoms with van der Waals surface area (Å²) in [5.74, 6) is -0.674. The number of allylic oxidation sites excluding steroid dienone is 3. The van der Waals surface area contributed by atoms with Gasteiger partial charge in [-0.1, -0.05) is 78.7 Å². The van der Waals surface area contributed by atoms with Crippen LogP contribution in [0.15, 0.2) is 23.8 Å². The smallest absolute Gasteiger partial charge is 0.726 e. The molecule has 0 bridgehead atoms. The zero-order valence-corrected chi connectivity index (χ0v) is 40.5. The quantitative estimate of drug-likeness (QED) is 0.0850. The monoisotopic (exact) mass is 808 g/mol. The summed E-state index contributed by atoms with van der Waals surface area (Å²) in [6, 6.07) is 0. The summed E-state index contributed by atoms with van der Waals surface area (Å²) in [5, 5.41) is 11.5. The molecule has 0 radical (unpaired) electrons. The molecule has 3 fully saturated rings. The fourth-order valence-electron chi connectivity index (χ4n) is 10.2. The Kier molecular flexibility index (Phi) is 17.5. The van der Waals surface area contributed by atoms with E-state index in [4.69, 9.17) is 4.18 Å². The van der Waals surface area contributed by atoms with Crippen molar-refractivity contribution in [3.05, 3.63) is 23.8 Å². The topological polar surface area (TPSA) is 220 Å². The first-order valence-electron chi connectivity index (χ1n) is 16.5. The Balaban J connectivity index is 0.00000433. The van der Waals surface area contributed by atoms with Crippen molar-refractivity contribution in [3.8, 4) is 0 Å². The molecule has 51 heavy (non-hydrogen) atoms. The molecular weight excluding hydrogens is 758 g/mol. The molecule has 0 aromatic heterocycles. The number of fused-ring (bicyclic) bond motifs is 5. The normalized spacial score (nSPS) is 37.9. The van der Waals surface area contributed by atoms with Crippen LogP contribution in [0.25, 0.3) is 0 Å². The first-order valence-corrected chi connectivity index (χ1v) is 20.5. The van der Waals surface area contributed by atoms with E-state index in [2.05, 4.69) is 63.4 Å². The van der Waals surface area contributed by atoms with Gasteiger partial charge in [-0.15, -0.1) is 0 Å². The average Bonchev–Trinajstić information content (AvgIpc) is 3.18. The molecule has 0 amide bonds. The SMILES string of the molecule is C=C(C)C(C)(C)C(C)CC[C@@H](C)[C@H]1CC[C@@]2(C)[C@@H]3C[C@H](OS(=O)(=O)[O-])[C@H]4[C@@H](O)[C@H](OS(=O)(=O)[O-])[C@@H](OS(=O)(=O)[O-])C[C@]4(C)C3=CC[C@]12C.[Na+].[Na+].[Na+]. The van der Waals surface area contributed by atoms with Gasteiger partial charge in [-0.05, 0) is 90.8 Å². The number of rotatable bonds is 12. The van der Waals surface area contributed by atoms with Crippen LogP contribution in [0.4, 0.5) is 0 Å². The molecule has 0 aromatic carbocycles. The van der Waals surface area contributed by atoms with Crippen LogP contribution in [0.5, 0.6) is 0 Å². The number of hydrogen-bond donors (Lipinski definition) is 1. The molecule has 19 heteroatoms. The maximum atomic E-state index is 12.1. The third kappa shape index (κ3) is 10.4. The molecule has 278 valence electrons. The van der Waals surface area contributed by atoms with Crippen LogP contribution in [-0.2, 0) is 43.7 Å². The van der Waals surface area contributed by atoms with E-state index in [0.717, 1.165) is 36.8 Å². The van der Waals surface area contributed by atoms with Crippen molar-refractivity contribution in [1.29, 1.82) is 0 Å². The fraction of sp³-hybridized carbons (Fsp3) is 0.875. The van der Waals surface area contributed by atoms with Gasteiger partial charge in [-0.2, -0.15) is 0 Å². The Labute approximate surface area is 372 Å². The number of aliphatic hydroxyl groups is 1. The van der Waals surface area contributed by atoms with Crippen molar-refractivity contribution < 1.29 is 145 Å². The number of hydrogen-bond acceptors (Lipinski definition) is 13. The Morgan fingerprint density at radius 1 is 0.922 bits per heavy atom. The van der Waals surface area contributed by atoms with E-state index < -0.39 is 78.8 Å². The van der Waals surface area contributed by atoms with E-state index in [9.17, 15) is 44.0 Å². The molecular formula is C32H51Na3O13S3. The van der Waals surface area contributed by atoms with Gasteiger partial charge in [-0.25, -0.2) is 25.3 Å². The van der Waals surface area contributed by atoms with Crippen LogP contribution >= 0.6 is 0 Å². The van der Waals surface area contributed by atoms with Gasteiger partial charge >= 0.3 is 88.7 Å². The molecule has 13 nitrogen and oxygen atoms in total. The molecule has 1 N–H and O–H groups in total. The van der Waals surface area contributed by atoms with Crippen molar-refractivity contribution in [3.63, 3.8) is 0 Å². The first-order chi connectivity index (χ1) is 21.6.